The van der Waals surface area contributed by atoms with Crippen molar-refractivity contribution >= 4 is 11.2 Å². The van der Waals surface area contributed by atoms with Gasteiger partial charge in [-0.25, -0.2) is 9.97 Å². The first-order chi connectivity index (χ1) is 15.0. The Bertz CT molecular complexity index is 1360. The Hall–Kier alpha value is -3.81. The summed E-state index contributed by atoms with van der Waals surface area (Å²) in [5.41, 5.74) is 8.40. The van der Waals surface area contributed by atoms with Gasteiger partial charge in [0.2, 0.25) is 5.82 Å². The van der Waals surface area contributed by atoms with E-state index in [0.29, 0.717) is 5.82 Å². The van der Waals surface area contributed by atoms with E-state index < -0.39 is 0 Å². The molecule has 156 valence electrons. The number of H-pyrrole nitrogens is 1. The van der Waals surface area contributed by atoms with E-state index in [0.717, 1.165) is 52.7 Å². The van der Waals surface area contributed by atoms with Crippen molar-refractivity contribution in [1.82, 2.24) is 39.7 Å². The van der Waals surface area contributed by atoms with Crippen molar-refractivity contribution in [2.45, 2.75) is 40.7 Å². The second-order valence-electron chi connectivity index (χ2n) is 7.82. The van der Waals surface area contributed by atoms with Gasteiger partial charge in [0.25, 0.3) is 0 Å². The maximum atomic E-state index is 4.85. The molecule has 31 heavy (non-hydrogen) atoms. The molecular weight excluding hydrogens is 388 g/mol. The molecule has 0 saturated carbocycles. The SMILES string of the molecule is CCc1nc2c(C)cc(C)nc2n1Cc1ccc(-n2c(C)ccc2-c2nn[nH]n2)cc1. The lowest BCUT2D eigenvalue weighted by molar-refractivity contribution is 0.745. The van der Waals surface area contributed by atoms with Gasteiger partial charge in [0.05, 0.1) is 12.2 Å². The van der Waals surface area contributed by atoms with E-state index in [4.69, 9.17) is 9.97 Å². The minimum atomic E-state index is 0.575. The van der Waals surface area contributed by atoms with Crippen LogP contribution in [0.4, 0.5) is 0 Å². The minimum Gasteiger partial charge on any atom is -0.311 e. The standard InChI is InChI=1S/C23H24N8/c1-5-20-25-21-14(2)12-15(3)24-23(21)30(20)13-17-7-9-18(10-8-17)31-16(4)6-11-19(31)22-26-28-29-27-22/h6-12H,5,13H2,1-4H3,(H,26,27,28,29). The summed E-state index contributed by atoms with van der Waals surface area (Å²) in [6.07, 6.45) is 0.865. The number of hydrogen-bond acceptors (Lipinski definition) is 5. The van der Waals surface area contributed by atoms with Crippen molar-refractivity contribution in [2.24, 2.45) is 0 Å². The van der Waals surface area contributed by atoms with Crippen LogP contribution in [-0.4, -0.2) is 39.7 Å². The van der Waals surface area contributed by atoms with Crippen molar-refractivity contribution in [3.8, 4) is 17.2 Å². The number of aryl methyl sites for hydroxylation is 4. The summed E-state index contributed by atoms with van der Waals surface area (Å²) in [4.78, 5) is 9.64. The number of aromatic amines is 1. The molecule has 0 aliphatic rings. The monoisotopic (exact) mass is 412 g/mol. The first kappa shape index (κ1) is 19.2. The summed E-state index contributed by atoms with van der Waals surface area (Å²) >= 11 is 0. The highest BCUT2D eigenvalue weighted by molar-refractivity contribution is 5.76. The number of tetrazole rings is 1. The number of pyridine rings is 1. The van der Waals surface area contributed by atoms with Gasteiger partial charge in [-0.15, -0.1) is 10.2 Å². The molecule has 0 fully saturated rings. The first-order valence-corrected chi connectivity index (χ1v) is 10.4. The van der Waals surface area contributed by atoms with Crippen LogP contribution < -0.4 is 0 Å². The Morgan fingerprint density at radius 2 is 1.77 bits per heavy atom. The molecule has 0 aliphatic heterocycles. The van der Waals surface area contributed by atoms with E-state index in [1.165, 1.54) is 11.1 Å². The highest BCUT2D eigenvalue weighted by Gasteiger charge is 2.15. The Labute approximate surface area is 180 Å². The van der Waals surface area contributed by atoms with E-state index in [2.05, 4.69) is 86.9 Å². The number of imidazole rings is 1. The van der Waals surface area contributed by atoms with E-state index in [9.17, 15) is 0 Å². The summed E-state index contributed by atoms with van der Waals surface area (Å²) in [6, 6.07) is 14.7. The maximum Gasteiger partial charge on any atom is 0.221 e. The van der Waals surface area contributed by atoms with Crippen LogP contribution in [0.2, 0.25) is 0 Å². The maximum absolute atomic E-state index is 4.85. The zero-order chi connectivity index (χ0) is 21.5. The second kappa shape index (κ2) is 7.46. The number of rotatable bonds is 5. The smallest absolute Gasteiger partial charge is 0.221 e. The molecule has 0 amide bonds. The third-order valence-electron chi connectivity index (χ3n) is 5.60. The Kier molecular flexibility index (Phi) is 4.62. The van der Waals surface area contributed by atoms with Gasteiger partial charge >= 0.3 is 0 Å². The summed E-state index contributed by atoms with van der Waals surface area (Å²) in [5, 5.41) is 14.5. The van der Waals surface area contributed by atoms with Crippen LogP contribution in [0.3, 0.4) is 0 Å². The number of nitrogens with one attached hydrogen (secondary N) is 1. The van der Waals surface area contributed by atoms with Crippen molar-refractivity contribution in [1.29, 1.82) is 0 Å². The molecule has 0 radical (unpaired) electrons. The molecule has 1 aromatic carbocycles. The van der Waals surface area contributed by atoms with Crippen molar-refractivity contribution in [3.05, 3.63) is 70.8 Å². The molecular formula is C23H24N8. The Morgan fingerprint density at radius 1 is 0.968 bits per heavy atom. The van der Waals surface area contributed by atoms with Crippen molar-refractivity contribution in [2.75, 3.05) is 0 Å². The summed E-state index contributed by atoms with van der Waals surface area (Å²) in [5.74, 6) is 1.63. The number of nitrogens with zero attached hydrogens (tertiary/aromatic N) is 7. The Morgan fingerprint density at radius 3 is 2.48 bits per heavy atom. The molecule has 5 rings (SSSR count). The molecule has 4 aromatic heterocycles. The van der Waals surface area contributed by atoms with Crippen LogP contribution >= 0.6 is 0 Å². The highest BCUT2D eigenvalue weighted by Crippen LogP contribution is 2.25. The normalized spacial score (nSPS) is 11.5. The van der Waals surface area contributed by atoms with E-state index in [-0.39, 0.29) is 0 Å². The quantitative estimate of drug-likeness (QED) is 0.472. The zero-order valence-electron chi connectivity index (χ0n) is 18.1. The average molecular weight is 413 g/mol. The number of fused-ring (bicyclic) bond motifs is 1. The lowest BCUT2D eigenvalue weighted by atomic mass is 10.2. The highest BCUT2D eigenvalue weighted by atomic mass is 15.5. The van der Waals surface area contributed by atoms with Crippen LogP contribution in [0.1, 0.15) is 35.3 Å². The van der Waals surface area contributed by atoms with Crippen LogP contribution in [-0.2, 0) is 13.0 Å². The van der Waals surface area contributed by atoms with E-state index in [1.807, 2.05) is 13.0 Å². The molecule has 5 aromatic rings. The minimum absolute atomic E-state index is 0.575. The molecule has 1 N–H and O–H groups in total. The van der Waals surface area contributed by atoms with Crippen LogP contribution in [0.25, 0.3) is 28.4 Å². The summed E-state index contributed by atoms with van der Waals surface area (Å²) < 4.78 is 4.36. The molecule has 8 nitrogen and oxygen atoms in total. The fraction of sp³-hybridized carbons (Fsp3) is 0.261. The van der Waals surface area contributed by atoms with E-state index >= 15 is 0 Å². The van der Waals surface area contributed by atoms with Crippen molar-refractivity contribution in [3.63, 3.8) is 0 Å². The summed E-state index contributed by atoms with van der Waals surface area (Å²) in [7, 11) is 0. The molecule has 4 heterocycles. The van der Waals surface area contributed by atoms with Gasteiger partial charge in [-0.05, 0) is 67.4 Å². The molecule has 0 unspecified atom stereocenters. The lowest BCUT2D eigenvalue weighted by Crippen LogP contribution is -2.06. The first-order valence-electron chi connectivity index (χ1n) is 10.4. The fourth-order valence-electron chi connectivity index (χ4n) is 4.14. The summed E-state index contributed by atoms with van der Waals surface area (Å²) in [6.45, 7) is 9.07. The van der Waals surface area contributed by atoms with Crippen LogP contribution in [0, 0.1) is 20.8 Å². The fourth-order valence-corrected chi connectivity index (χ4v) is 4.14. The molecule has 0 aliphatic carbocycles. The van der Waals surface area contributed by atoms with Gasteiger partial charge in [0.15, 0.2) is 5.65 Å². The van der Waals surface area contributed by atoms with Crippen LogP contribution in [0.5, 0.6) is 0 Å². The molecule has 0 bridgehead atoms. The second-order valence-corrected chi connectivity index (χ2v) is 7.82. The molecule has 0 spiro atoms. The molecule has 0 atom stereocenters. The third kappa shape index (κ3) is 3.30. The van der Waals surface area contributed by atoms with Gasteiger partial charge < -0.3 is 9.13 Å². The number of aromatic nitrogens is 8. The number of benzene rings is 1. The topological polar surface area (TPSA) is 90.1 Å². The largest absolute Gasteiger partial charge is 0.311 e. The zero-order valence-corrected chi connectivity index (χ0v) is 18.1. The van der Waals surface area contributed by atoms with Gasteiger partial charge in [-0.3, -0.25) is 0 Å². The third-order valence-corrected chi connectivity index (χ3v) is 5.60. The average Bonchev–Trinajstić information content (AvgIpc) is 3.48. The van der Waals surface area contributed by atoms with Gasteiger partial charge in [0.1, 0.15) is 11.3 Å². The van der Waals surface area contributed by atoms with Crippen LogP contribution in [0.15, 0.2) is 42.5 Å². The molecule has 0 saturated heterocycles. The van der Waals surface area contributed by atoms with E-state index in [1.54, 1.807) is 0 Å². The van der Waals surface area contributed by atoms with Gasteiger partial charge in [0, 0.05) is 23.5 Å². The predicted molar refractivity (Wildman–Crippen MR) is 119 cm³/mol. The Balaban J connectivity index is 1.51. The van der Waals surface area contributed by atoms with Gasteiger partial charge in [-0.1, -0.05) is 19.1 Å². The van der Waals surface area contributed by atoms with Gasteiger partial charge in [-0.2, -0.15) is 5.21 Å². The molecule has 8 heteroatoms. The van der Waals surface area contributed by atoms with Crippen molar-refractivity contribution < 1.29 is 0 Å². The number of hydrogen-bond donors (Lipinski definition) is 1. The predicted octanol–water partition coefficient (Wildman–Crippen LogP) is 3.94. The lowest BCUT2D eigenvalue weighted by Gasteiger charge is -2.12.